The lowest BCUT2D eigenvalue weighted by Gasteiger charge is -2.05. The summed E-state index contributed by atoms with van der Waals surface area (Å²) < 4.78 is 1.59. The van der Waals surface area contributed by atoms with E-state index in [2.05, 4.69) is 59.0 Å². The summed E-state index contributed by atoms with van der Waals surface area (Å²) in [6, 6.07) is 1.75. The van der Waals surface area contributed by atoms with Crippen molar-refractivity contribution in [3.8, 4) is 0 Å². The van der Waals surface area contributed by atoms with Crippen LogP contribution in [0.2, 0.25) is 0 Å². The van der Waals surface area contributed by atoms with Gasteiger partial charge >= 0.3 is 0 Å². The Morgan fingerprint density at radius 2 is 2.26 bits per heavy atom. The van der Waals surface area contributed by atoms with E-state index in [1.54, 1.807) is 18.5 Å². The minimum absolute atomic E-state index is 0.251. The van der Waals surface area contributed by atoms with Crippen molar-refractivity contribution in [2.45, 2.75) is 19.8 Å². The molecule has 0 aromatic carbocycles. The largest absolute Gasteiger partial charge is 0.319 e. The number of nitrogens with one attached hydrogen (secondary N) is 2. The first-order valence-corrected chi connectivity index (χ1v) is 7.52. The van der Waals surface area contributed by atoms with Crippen molar-refractivity contribution in [2.75, 3.05) is 5.32 Å². The number of nitrogens with zero attached hydrogens (tertiary/aromatic N) is 2. The van der Waals surface area contributed by atoms with Gasteiger partial charge in [0.25, 0.3) is 5.91 Å². The van der Waals surface area contributed by atoms with Crippen LogP contribution in [0.3, 0.4) is 0 Å². The maximum atomic E-state index is 12.2. The second kappa shape index (κ2) is 6.00. The second-order valence-electron chi connectivity index (χ2n) is 4.26. The van der Waals surface area contributed by atoms with Crippen LogP contribution in [0.1, 0.15) is 35.9 Å². The number of H-pyrrole nitrogens is 1. The molecule has 0 radical (unpaired) electrons. The van der Waals surface area contributed by atoms with Gasteiger partial charge in [-0.05, 0) is 50.5 Å². The lowest BCUT2D eigenvalue weighted by molar-refractivity contribution is 0.102. The normalized spacial score (nSPS) is 10.8. The zero-order valence-electron chi connectivity index (χ0n) is 10.4. The Morgan fingerprint density at radius 3 is 2.84 bits per heavy atom. The molecule has 100 valence electrons. The molecule has 0 atom stereocenters. The Bertz CT molecular complexity index is 612. The Morgan fingerprint density at radius 1 is 1.53 bits per heavy atom. The molecule has 0 fully saturated rings. The number of carbonyl (C=O) groups excluding carboxylic acids is 1. The van der Waals surface area contributed by atoms with Crippen LogP contribution in [0, 0.1) is 3.57 Å². The molecule has 2 aromatic rings. The molecular formula is C12H12BrIN4O. The van der Waals surface area contributed by atoms with Crippen LogP contribution < -0.4 is 5.32 Å². The molecular weight excluding hydrogens is 423 g/mol. The van der Waals surface area contributed by atoms with Gasteiger partial charge in [0.1, 0.15) is 0 Å². The standard InChI is InChI=1S/C12H12BrIN4O/c1-6(2)10-9(13)11(18-17-10)12(19)16-8-3-4-15-5-7(8)14/h3-6H,1-2H3,(H,17,18)(H,15,16,19). The maximum absolute atomic E-state index is 12.2. The SMILES string of the molecule is CC(C)c1[nH]nc(C(=O)Nc2ccncc2I)c1Br. The molecule has 0 aliphatic carbocycles. The second-order valence-corrected chi connectivity index (χ2v) is 6.22. The first-order chi connectivity index (χ1) is 9.00. The van der Waals surface area contributed by atoms with Gasteiger partial charge in [0.15, 0.2) is 5.69 Å². The number of aromatic amines is 1. The molecule has 2 aromatic heterocycles. The van der Waals surface area contributed by atoms with Gasteiger partial charge in [-0.25, -0.2) is 0 Å². The van der Waals surface area contributed by atoms with E-state index in [0.717, 1.165) is 15.0 Å². The van der Waals surface area contributed by atoms with Crippen LogP contribution in [-0.4, -0.2) is 21.1 Å². The summed E-state index contributed by atoms with van der Waals surface area (Å²) in [6.45, 7) is 4.07. The summed E-state index contributed by atoms with van der Waals surface area (Å²) in [6.07, 6.45) is 3.33. The Kier molecular flexibility index (Phi) is 4.56. The Labute approximate surface area is 132 Å². The summed E-state index contributed by atoms with van der Waals surface area (Å²) in [7, 11) is 0. The highest BCUT2D eigenvalue weighted by Crippen LogP contribution is 2.26. The summed E-state index contributed by atoms with van der Waals surface area (Å²) >= 11 is 5.54. The number of aromatic nitrogens is 3. The van der Waals surface area contributed by atoms with Gasteiger partial charge in [0.2, 0.25) is 0 Å². The third-order valence-electron chi connectivity index (χ3n) is 2.55. The molecule has 2 rings (SSSR count). The number of hydrogen-bond acceptors (Lipinski definition) is 3. The van der Waals surface area contributed by atoms with Gasteiger partial charge < -0.3 is 5.32 Å². The van der Waals surface area contributed by atoms with E-state index in [9.17, 15) is 4.79 Å². The van der Waals surface area contributed by atoms with Crippen molar-refractivity contribution >= 4 is 50.1 Å². The monoisotopic (exact) mass is 434 g/mol. The van der Waals surface area contributed by atoms with E-state index in [-0.39, 0.29) is 11.8 Å². The van der Waals surface area contributed by atoms with Crippen LogP contribution >= 0.6 is 38.5 Å². The van der Waals surface area contributed by atoms with E-state index in [4.69, 9.17) is 0 Å². The van der Waals surface area contributed by atoms with Crippen LogP contribution in [0.5, 0.6) is 0 Å². The highest BCUT2D eigenvalue weighted by molar-refractivity contribution is 14.1. The van der Waals surface area contributed by atoms with Crippen molar-refractivity contribution in [1.82, 2.24) is 15.2 Å². The quantitative estimate of drug-likeness (QED) is 0.725. The van der Waals surface area contributed by atoms with Gasteiger partial charge in [-0.15, -0.1) is 0 Å². The molecule has 0 unspecified atom stereocenters. The van der Waals surface area contributed by atoms with Gasteiger partial charge in [-0.1, -0.05) is 13.8 Å². The summed E-state index contributed by atoms with van der Waals surface area (Å²) in [4.78, 5) is 16.2. The molecule has 0 saturated heterocycles. The molecule has 7 heteroatoms. The average molecular weight is 435 g/mol. The number of anilines is 1. The zero-order chi connectivity index (χ0) is 14.0. The predicted molar refractivity (Wildman–Crippen MR) is 85.3 cm³/mol. The van der Waals surface area contributed by atoms with E-state index in [1.165, 1.54) is 0 Å². The molecule has 0 spiro atoms. The fourth-order valence-corrected chi connectivity index (χ4v) is 2.82. The lowest BCUT2D eigenvalue weighted by atomic mass is 10.1. The van der Waals surface area contributed by atoms with E-state index in [0.29, 0.717) is 10.2 Å². The van der Waals surface area contributed by atoms with E-state index < -0.39 is 0 Å². The predicted octanol–water partition coefficient (Wildman–Crippen LogP) is 3.55. The number of rotatable bonds is 3. The van der Waals surface area contributed by atoms with Crippen molar-refractivity contribution < 1.29 is 4.79 Å². The van der Waals surface area contributed by atoms with Gasteiger partial charge in [0.05, 0.1) is 19.4 Å². The van der Waals surface area contributed by atoms with Crippen LogP contribution in [0.4, 0.5) is 5.69 Å². The van der Waals surface area contributed by atoms with Crippen molar-refractivity contribution in [2.24, 2.45) is 0 Å². The molecule has 0 saturated carbocycles. The third kappa shape index (κ3) is 3.14. The number of pyridine rings is 1. The molecule has 0 aliphatic rings. The fourth-order valence-electron chi connectivity index (χ4n) is 1.53. The first-order valence-electron chi connectivity index (χ1n) is 5.65. The van der Waals surface area contributed by atoms with E-state index in [1.807, 2.05) is 13.8 Å². The molecule has 1 amide bonds. The highest BCUT2D eigenvalue weighted by atomic mass is 127. The van der Waals surface area contributed by atoms with E-state index >= 15 is 0 Å². The summed E-state index contributed by atoms with van der Waals surface area (Å²) in [5.41, 5.74) is 1.99. The minimum Gasteiger partial charge on any atom is -0.319 e. The number of carbonyl (C=O) groups is 1. The molecule has 19 heavy (non-hydrogen) atoms. The van der Waals surface area contributed by atoms with Crippen molar-refractivity contribution in [3.63, 3.8) is 0 Å². The first kappa shape index (κ1) is 14.4. The van der Waals surface area contributed by atoms with Gasteiger partial charge in [0, 0.05) is 12.4 Å². The van der Waals surface area contributed by atoms with Crippen LogP contribution in [-0.2, 0) is 0 Å². The smallest absolute Gasteiger partial charge is 0.277 e. The zero-order valence-corrected chi connectivity index (χ0v) is 14.1. The Hall–Kier alpha value is -0.960. The molecule has 2 heterocycles. The Balaban J connectivity index is 2.24. The number of halogens is 2. The lowest BCUT2D eigenvalue weighted by Crippen LogP contribution is -2.14. The number of amides is 1. The molecule has 5 nitrogen and oxygen atoms in total. The minimum atomic E-state index is -0.251. The highest BCUT2D eigenvalue weighted by Gasteiger charge is 2.19. The molecule has 0 bridgehead atoms. The van der Waals surface area contributed by atoms with Gasteiger partial charge in [-0.3, -0.25) is 14.9 Å². The van der Waals surface area contributed by atoms with Crippen LogP contribution in [0.25, 0.3) is 0 Å². The van der Waals surface area contributed by atoms with Crippen molar-refractivity contribution in [3.05, 3.63) is 37.9 Å². The fraction of sp³-hybridized carbons (Fsp3) is 0.250. The van der Waals surface area contributed by atoms with Gasteiger partial charge in [-0.2, -0.15) is 5.10 Å². The molecule has 2 N–H and O–H groups in total. The summed E-state index contributed by atoms with van der Waals surface area (Å²) in [5.74, 6) is 0.0172. The maximum Gasteiger partial charge on any atom is 0.277 e. The van der Waals surface area contributed by atoms with Crippen LogP contribution in [0.15, 0.2) is 22.9 Å². The topological polar surface area (TPSA) is 70.7 Å². The number of hydrogen-bond donors (Lipinski definition) is 2. The third-order valence-corrected chi connectivity index (χ3v) is 4.21. The average Bonchev–Trinajstić information content (AvgIpc) is 2.74. The molecule has 0 aliphatic heterocycles. The van der Waals surface area contributed by atoms with Crippen molar-refractivity contribution in [1.29, 1.82) is 0 Å². The summed E-state index contributed by atoms with van der Waals surface area (Å²) in [5, 5.41) is 9.76.